The third-order valence-corrected chi connectivity index (χ3v) is 3.63. The van der Waals surface area contributed by atoms with Gasteiger partial charge in [-0.15, -0.1) is 0 Å². The average molecular weight is 243 g/mol. The van der Waals surface area contributed by atoms with Crippen LogP contribution in [0.1, 0.15) is 25.7 Å². The van der Waals surface area contributed by atoms with E-state index in [1.54, 1.807) is 11.0 Å². The molecule has 4 nitrogen and oxygen atoms in total. The Labute approximate surface area is 99.6 Å². The van der Waals surface area contributed by atoms with E-state index >= 15 is 0 Å². The molecular weight excluding hydrogens is 228 g/mol. The summed E-state index contributed by atoms with van der Waals surface area (Å²) in [5.41, 5.74) is 0.786. The van der Waals surface area contributed by atoms with E-state index in [1.807, 2.05) is 0 Å². The van der Waals surface area contributed by atoms with Crippen LogP contribution in [0.2, 0.25) is 0 Å². The second-order valence-corrected chi connectivity index (χ2v) is 4.54. The Morgan fingerprint density at radius 1 is 1.38 bits per heavy atom. The number of carbonyl (C=O) groups excluding carboxylic acids is 2. The first-order valence-corrected chi connectivity index (χ1v) is 5.98. The Morgan fingerprint density at radius 2 is 2.06 bits per heavy atom. The van der Waals surface area contributed by atoms with Crippen LogP contribution in [0.4, 0.5) is 0 Å². The van der Waals surface area contributed by atoms with Gasteiger partial charge in [-0.1, -0.05) is 30.5 Å². The fraction of sp³-hybridized carbons (Fsp3) is 0.636. The van der Waals surface area contributed by atoms with Crippen molar-refractivity contribution in [3.8, 4) is 0 Å². The smallest absolute Gasteiger partial charge is 0.246 e. The second-order valence-electron chi connectivity index (χ2n) is 4.29. The van der Waals surface area contributed by atoms with Crippen molar-refractivity contribution in [2.75, 3.05) is 13.1 Å². The number of nitrogens with zero attached hydrogens (tertiary/aromatic N) is 1. The first-order valence-electron chi connectivity index (χ1n) is 5.55. The lowest BCUT2D eigenvalue weighted by Gasteiger charge is -2.43. The maximum absolute atomic E-state index is 12.0. The van der Waals surface area contributed by atoms with Crippen LogP contribution >= 0.6 is 11.6 Å². The Morgan fingerprint density at radius 3 is 2.69 bits per heavy atom. The van der Waals surface area contributed by atoms with Crippen LogP contribution in [0.5, 0.6) is 0 Å². The third kappa shape index (κ3) is 1.71. The van der Waals surface area contributed by atoms with Crippen LogP contribution in [0.25, 0.3) is 0 Å². The summed E-state index contributed by atoms with van der Waals surface area (Å²) in [5.74, 6) is -0.0242. The first kappa shape index (κ1) is 11.5. The number of nitrogens with one attached hydrogen (secondary N) is 1. The van der Waals surface area contributed by atoms with Crippen LogP contribution in [-0.4, -0.2) is 35.3 Å². The lowest BCUT2D eigenvalue weighted by molar-refractivity contribution is -0.152. The van der Waals surface area contributed by atoms with Gasteiger partial charge in [-0.2, -0.15) is 0 Å². The molecule has 2 amide bonds. The molecular formula is C11H15ClN2O2. The zero-order valence-electron chi connectivity index (χ0n) is 9.04. The molecule has 0 radical (unpaired) electrons. The molecule has 1 aliphatic carbocycles. The lowest BCUT2D eigenvalue weighted by Crippen LogP contribution is -2.66. The highest BCUT2D eigenvalue weighted by atomic mass is 35.5. The Balaban J connectivity index is 2.26. The predicted octanol–water partition coefficient (Wildman–Crippen LogP) is 1.01. The van der Waals surface area contributed by atoms with Gasteiger partial charge in [0.2, 0.25) is 11.8 Å². The summed E-state index contributed by atoms with van der Waals surface area (Å²) >= 11 is 5.48. The SMILES string of the molecule is O=C1CNC(=O)C2(CCCC2)N1C/C=C/Cl. The van der Waals surface area contributed by atoms with Gasteiger partial charge in [-0.3, -0.25) is 9.59 Å². The molecule has 2 fully saturated rings. The summed E-state index contributed by atoms with van der Waals surface area (Å²) in [5, 5.41) is 2.68. The van der Waals surface area contributed by atoms with E-state index in [4.69, 9.17) is 11.6 Å². The fourth-order valence-electron chi connectivity index (χ4n) is 2.66. The molecule has 1 saturated heterocycles. The Bertz CT molecular complexity index is 335. The van der Waals surface area contributed by atoms with E-state index in [0.717, 1.165) is 25.7 Å². The number of hydrogen-bond donors (Lipinski definition) is 1. The first-order chi connectivity index (χ1) is 7.70. The highest BCUT2D eigenvalue weighted by molar-refractivity contribution is 6.25. The zero-order chi connectivity index (χ0) is 11.6. The summed E-state index contributed by atoms with van der Waals surface area (Å²) in [6.07, 6.45) is 5.24. The number of halogens is 1. The standard InChI is InChI=1S/C11H15ClN2O2/c12-6-3-7-14-9(15)8-13-10(16)11(14)4-1-2-5-11/h3,6H,1-2,4-5,7-8H2,(H,13,16)/b6-3+. The molecule has 0 atom stereocenters. The third-order valence-electron chi connectivity index (χ3n) is 3.45. The molecule has 16 heavy (non-hydrogen) atoms. The number of carbonyl (C=O) groups is 2. The minimum Gasteiger partial charge on any atom is -0.345 e. The maximum atomic E-state index is 12.0. The molecule has 0 aromatic carbocycles. The summed E-state index contributed by atoms with van der Waals surface area (Å²) in [7, 11) is 0. The van der Waals surface area contributed by atoms with E-state index in [0.29, 0.717) is 6.54 Å². The van der Waals surface area contributed by atoms with Crippen LogP contribution in [-0.2, 0) is 9.59 Å². The minimum absolute atomic E-state index is 0.00688. The molecule has 0 unspecified atom stereocenters. The number of piperazine rings is 1. The fourth-order valence-corrected chi connectivity index (χ4v) is 2.74. The van der Waals surface area contributed by atoms with E-state index < -0.39 is 5.54 Å². The van der Waals surface area contributed by atoms with Crippen molar-refractivity contribution in [3.63, 3.8) is 0 Å². The molecule has 1 N–H and O–H groups in total. The van der Waals surface area contributed by atoms with E-state index in [-0.39, 0.29) is 18.4 Å². The molecule has 2 rings (SSSR count). The van der Waals surface area contributed by atoms with Crippen molar-refractivity contribution in [3.05, 3.63) is 11.6 Å². The van der Waals surface area contributed by atoms with Crippen LogP contribution < -0.4 is 5.32 Å². The highest BCUT2D eigenvalue weighted by Gasteiger charge is 2.50. The van der Waals surface area contributed by atoms with Gasteiger partial charge < -0.3 is 10.2 Å². The Kier molecular flexibility index (Phi) is 3.19. The molecule has 1 spiro atoms. The maximum Gasteiger partial charge on any atom is 0.246 e. The number of amides is 2. The summed E-state index contributed by atoms with van der Waals surface area (Å²) in [4.78, 5) is 25.5. The largest absolute Gasteiger partial charge is 0.345 e. The normalized spacial score (nSPS) is 24.4. The van der Waals surface area contributed by atoms with Gasteiger partial charge in [0.05, 0.1) is 6.54 Å². The van der Waals surface area contributed by atoms with Crippen LogP contribution in [0, 0.1) is 0 Å². The van der Waals surface area contributed by atoms with Gasteiger partial charge in [0, 0.05) is 12.1 Å². The molecule has 88 valence electrons. The second kappa shape index (κ2) is 4.45. The van der Waals surface area contributed by atoms with Crippen molar-refractivity contribution in [1.82, 2.24) is 10.2 Å². The minimum atomic E-state index is -0.605. The molecule has 1 saturated carbocycles. The molecule has 1 heterocycles. The van der Waals surface area contributed by atoms with Crippen molar-refractivity contribution in [2.24, 2.45) is 0 Å². The summed E-state index contributed by atoms with van der Waals surface area (Å²) < 4.78 is 0. The monoisotopic (exact) mass is 242 g/mol. The van der Waals surface area contributed by atoms with Crippen LogP contribution in [0.15, 0.2) is 11.6 Å². The van der Waals surface area contributed by atoms with Gasteiger partial charge in [0.25, 0.3) is 0 Å². The van der Waals surface area contributed by atoms with Crippen molar-refractivity contribution < 1.29 is 9.59 Å². The molecule has 1 aliphatic heterocycles. The van der Waals surface area contributed by atoms with Crippen LogP contribution in [0.3, 0.4) is 0 Å². The van der Waals surface area contributed by atoms with Crippen molar-refractivity contribution in [1.29, 1.82) is 0 Å². The average Bonchev–Trinajstić information content (AvgIpc) is 2.75. The van der Waals surface area contributed by atoms with Crippen molar-refractivity contribution in [2.45, 2.75) is 31.2 Å². The number of rotatable bonds is 2. The summed E-state index contributed by atoms with van der Waals surface area (Å²) in [6.45, 7) is 0.534. The molecule has 0 aromatic rings. The summed E-state index contributed by atoms with van der Waals surface area (Å²) in [6, 6.07) is 0. The Hall–Kier alpha value is -1.03. The van der Waals surface area contributed by atoms with Gasteiger partial charge in [-0.05, 0) is 12.8 Å². The topological polar surface area (TPSA) is 49.4 Å². The molecule has 0 aromatic heterocycles. The van der Waals surface area contributed by atoms with Gasteiger partial charge in [0.15, 0.2) is 0 Å². The number of hydrogen-bond acceptors (Lipinski definition) is 2. The van der Waals surface area contributed by atoms with E-state index in [2.05, 4.69) is 5.32 Å². The van der Waals surface area contributed by atoms with Gasteiger partial charge in [0.1, 0.15) is 5.54 Å². The van der Waals surface area contributed by atoms with Gasteiger partial charge >= 0.3 is 0 Å². The quantitative estimate of drug-likeness (QED) is 0.786. The molecule has 0 bridgehead atoms. The lowest BCUT2D eigenvalue weighted by atomic mass is 9.91. The molecule has 2 aliphatic rings. The van der Waals surface area contributed by atoms with E-state index in [1.165, 1.54) is 5.54 Å². The van der Waals surface area contributed by atoms with E-state index in [9.17, 15) is 9.59 Å². The zero-order valence-corrected chi connectivity index (χ0v) is 9.79. The van der Waals surface area contributed by atoms with Gasteiger partial charge in [-0.25, -0.2) is 0 Å². The highest BCUT2D eigenvalue weighted by Crippen LogP contribution is 2.37. The van der Waals surface area contributed by atoms with Crippen molar-refractivity contribution >= 4 is 23.4 Å². The predicted molar refractivity (Wildman–Crippen MR) is 60.9 cm³/mol. The molecule has 5 heteroatoms.